The molecule has 0 atom stereocenters. The van der Waals surface area contributed by atoms with Crippen LogP contribution in [0.3, 0.4) is 0 Å². The summed E-state index contributed by atoms with van der Waals surface area (Å²) in [6.45, 7) is 6.02. The van der Waals surface area contributed by atoms with Crippen LogP contribution in [0.15, 0.2) is 14.9 Å². The minimum atomic E-state index is -0.339. The van der Waals surface area contributed by atoms with Crippen LogP contribution >= 0.6 is 23.1 Å². The highest BCUT2D eigenvalue weighted by molar-refractivity contribution is 8.01. The second kappa shape index (κ2) is 6.16. The van der Waals surface area contributed by atoms with Crippen LogP contribution in [-0.2, 0) is 0 Å². The molecule has 0 aliphatic heterocycles. The molecule has 1 N–H and O–H groups in total. The van der Waals surface area contributed by atoms with E-state index in [0.29, 0.717) is 16.8 Å². The number of thioether (sulfide) groups is 1. The van der Waals surface area contributed by atoms with Crippen molar-refractivity contribution in [2.45, 2.75) is 25.1 Å². The van der Waals surface area contributed by atoms with Crippen molar-refractivity contribution in [2.24, 2.45) is 5.92 Å². The Kier molecular flexibility index (Phi) is 4.54. The molecular weight excluding hydrogens is 284 g/mol. The molecule has 0 aromatic carbocycles. The average molecular weight is 298 g/mol. The van der Waals surface area contributed by atoms with Crippen molar-refractivity contribution in [3.8, 4) is 0 Å². The molecule has 0 radical (unpaired) electrons. The molecule has 0 fully saturated rings. The van der Waals surface area contributed by atoms with E-state index in [1.807, 2.05) is 0 Å². The zero-order valence-corrected chi connectivity index (χ0v) is 12.5. The van der Waals surface area contributed by atoms with Crippen LogP contribution in [-0.4, -0.2) is 27.0 Å². The number of carbonyl (C=O) groups is 1. The van der Waals surface area contributed by atoms with Crippen LogP contribution in [0.1, 0.15) is 30.1 Å². The van der Waals surface area contributed by atoms with E-state index >= 15 is 0 Å². The number of anilines is 1. The maximum Gasteiger partial charge on any atom is 0.279 e. The zero-order valence-electron chi connectivity index (χ0n) is 10.8. The summed E-state index contributed by atoms with van der Waals surface area (Å²) in [7, 11) is 0. The van der Waals surface area contributed by atoms with Gasteiger partial charge in [0.15, 0.2) is 10.0 Å². The number of carbonyl (C=O) groups excluding carboxylic acids is 1. The molecule has 0 spiro atoms. The van der Waals surface area contributed by atoms with Gasteiger partial charge >= 0.3 is 0 Å². The first-order valence-corrected chi connectivity index (χ1v) is 7.56. The fourth-order valence-electron chi connectivity index (χ4n) is 1.19. The highest BCUT2D eigenvalue weighted by atomic mass is 32.2. The standard InChI is InChI=1S/C11H14N4O2S2/c1-6(2)5-18-11-14-13-10(19-11)12-9(16)8-4-7(3)17-15-8/h4,6H,5H2,1-3H3,(H,12,13,16). The summed E-state index contributed by atoms with van der Waals surface area (Å²) in [5.41, 5.74) is 0.240. The molecule has 0 bridgehead atoms. The minimum absolute atomic E-state index is 0.240. The predicted molar refractivity (Wildman–Crippen MR) is 74.7 cm³/mol. The van der Waals surface area contributed by atoms with Crippen molar-refractivity contribution < 1.29 is 9.32 Å². The van der Waals surface area contributed by atoms with E-state index in [-0.39, 0.29) is 11.6 Å². The Hall–Kier alpha value is -1.41. The first kappa shape index (κ1) is 14.0. The van der Waals surface area contributed by atoms with Crippen molar-refractivity contribution in [3.05, 3.63) is 17.5 Å². The topological polar surface area (TPSA) is 80.9 Å². The molecule has 2 aromatic heterocycles. The Balaban J connectivity index is 1.94. The molecule has 102 valence electrons. The maximum absolute atomic E-state index is 11.8. The number of aryl methyl sites for hydroxylation is 1. The van der Waals surface area contributed by atoms with Crippen molar-refractivity contribution in [1.82, 2.24) is 15.4 Å². The Morgan fingerprint density at radius 2 is 2.32 bits per heavy atom. The SMILES string of the molecule is Cc1cc(C(=O)Nc2nnc(SCC(C)C)s2)no1. The van der Waals surface area contributed by atoms with Crippen LogP contribution < -0.4 is 5.32 Å². The molecular formula is C11H14N4O2S2. The Labute approximate surface area is 119 Å². The molecule has 0 unspecified atom stereocenters. The number of hydrogen-bond acceptors (Lipinski definition) is 7. The number of nitrogens with one attached hydrogen (secondary N) is 1. The van der Waals surface area contributed by atoms with E-state index in [1.54, 1.807) is 24.8 Å². The Morgan fingerprint density at radius 1 is 1.53 bits per heavy atom. The molecule has 0 aliphatic carbocycles. The monoisotopic (exact) mass is 298 g/mol. The predicted octanol–water partition coefficient (Wildman–Crippen LogP) is 2.83. The number of nitrogens with zero attached hydrogens (tertiary/aromatic N) is 3. The van der Waals surface area contributed by atoms with Crippen LogP contribution in [0.25, 0.3) is 0 Å². The van der Waals surface area contributed by atoms with Gasteiger partial charge in [0.05, 0.1) is 0 Å². The number of rotatable bonds is 5. The third-order valence-corrected chi connectivity index (χ3v) is 4.43. The summed E-state index contributed by atoms with van der Waals surface area (Å²) in [5, 5.41) is 14.7. The fourth-order valence-corrected chi connectivity index (χ4v) is 2.91. The van der Waals surface area contributed by atoms with Gasteiger partial charge < -0.3 is 4.52 Å². The molecule has 0 saturated heterocycles. The summed E-state index contributed by atoms with van der Waals surface area (Å²) in [4.78, 5) is 11.8. The van der Waals surface area contributed by atoms with Crippen LogP contribution in [0.4, 0.5) is 5.13 Å². The lowest BCUT2D eigenvalue weighted by Gasteiger charge is -1.99. The quantitative estimate of drug-likeness (QED) is 0.675. The molecule has 8 heteroatoms. The normalized spacial score (nSPS) is 10.9. The van der Waals surface area contributed by atoms with E-state index in [9.17, 15) is 4.79 Å². The molecule has 6 nitrogen and oxygen atoms in total. The van der Waals surface area contributed by atoms with Gasteiger partial charge in [0.1, 0.15) is 5.76 Å². The molecule has 0 aliphatic rings. The van der Waals surface area contributed by atoms with Gasteiger partial charge in [-0.25, -0.2) is 0 Å². The summed E-state index contributed by atoms with van der Waals surface area (Å²) in [5.74, 6) is 1.82. The van der Waals surface area contributed by atoms with Gasteiger partial charge in [0.25, 0.3) is 5.91 Å². The van der Waals surface area contributed by atoms with Gasteiger partial charge in [0, 0.05) is 11.8 Å². The molecule has 19 heavy (non-hydrogen) atoms. The smallest absolute Gasteiger partial charge is 0.279 e. The van der Waals surface area contributed by atoms with Gasteiger partial charge in [-0.05, 0) is 12.8 Å². The molecule has 2 aromatic rings. The lowest BCUT2D eigenvalue weighted by atomic mass is 10.3. The first-order valence-electron chi connectivity index (χ1n) is 5.75. The summed E-state index contributed by atoms with van der Waals surface area (Å²) >= 11 is 2.99. The molecule has 1 amide bonds. The summed E-state index contributed by atoms with van der Waals surface area (Å²) < 4.78 is 5.69. The number of aromatic nitrogens is 3. The molecule has 2 heterocycles. The van der Waals surface area contributed by atoms with Crippen LogP contribution in [0.2, 0.25) is 0 Å². The molecule has 2 rings (SSSR count). The minimum Gasteiger partial charge on any atom is -0.361 e. The van der Waals surface area contributed by atoms with E-state index in [2.05, 4.69) is 34.5 Å². The average Bonchev–Trinajstić information content (AvgIpc) is 2.95. The lowest BCUT2D eigenvalue weighted by Crippen LogP contribution is -2.11. The van der Waals surface area contributed by atoms with Crippen molar-refractivity contribution in [3.63, 3.8) is 0 Å². The van der Waals surface area contributed by atoms with E-state index in [0.717, 1.165) is 10.1 Å². The van der Waals surface area contributed by atoms with Crippen molar-refractivity contribution in [1.29, 1.82) is 0 Å². The third kappa shape index (κ3) is 4.03. The maximum atomic E-state index is 11.8. The van der Waals surface area contributed by atoms with Crippen LogP contribution in [0, 0.1) is 12.8 Å². The second-order valence-corrected chi connectivity index (χ2v) is 6.60. The summed E-state index contributed by atoms with van der Waals surface area (Å²) in [6.07, 6.45) is 0. The van der Waals surface area contributed by atoms with Gasteiger partial charge in [-0.3, -0.25) is 10.1 Å². The van der Waals surface area contributed by atoms with Crippen molar-refractivity contribution >= 4 is 34.1 Å². The van der Waals surface area contributed by atoms with E-state index < -0.39 is 0 Å². The van der Waals surface area contributed by atoms with Gasteiger partial charge in [-0.1, -0.05) is 42.1 Å². The zero-order chi connectivity index (χ0) is 13.8. The fraction of sp³-hybridized carbons (Fsp3) is 0.455. The highest BCUT2D eigenvalue weighted by Gasteiger charge is 2.14. The van der Waals surface area contributed by atoms with E-state index in [1.165, 1.54) is 11.3 Å². The number of hydrogen-bond donors (Lipinski definition) is 1. The first-order chi connectivity index (χ1) is 9.04. The number of amides is 1. The van der Waals surface area contributed by atoms with E-state index in [4.69, 9.17) is 4.52 Å². The van der Waals surface area contributed by atoms with Crippen LogP contribution in [0.5, 0.6) is 0 Å². The Morgan fingerprint density at radius 3 is 2.95 bits per heavy atom. The largest absolute Gasteiger partial charge is 0.361 e. The van der Waals surface area contributed by atoms with Crippen molar-refractivity contribution in [2.75, 3.05) is 11.1 Å². The Bertz CT molecular complexity index is 565. The summed E-state index contributed by atoms with van der Waals surface area (Å²) in [6, 6.07) is 1.57. The second-order valence-electron chi connectivity index (χ2n) is 4.35. The third-order valence-electron chi connectivity index (χ3n) is 2.03. The van der Waals surface area contributed by atoms with Gasteiger partial charge in [-0.2, -0.15) is 0 Å². The molecule has 0 saturated carbocycles. The van der Waals surface area contributed by atoms with Gasteiger partial charge in [0.2, 0.25) is 5.13 Å². The van der Waals surface area contributed by atoms with Gasteiger partial charge in [-0.15, -0.1) is 10.2 Å². The lowest BCUT2D eigenvalue weighted by molar-refractivity contribution is 0.101. The highest BCUT2D eigenvalue weighted by Crippen LogP contribution is 2.27.